The normalized spacial score (nSPS) is 10.2. The molecule has 15 heavy (non-hydrogen) atoms. The molecular formula is C10H11ClN4. The van der Waals surface area contributed by atoms with Crippen LogP contribution in [0.5, 0.6) is 0 Å². The Kier molecular flexibility index (Phi) is 3.19. The van der Waals surface area contributed by atoms with Crippen LogP contribution in [0.1, 0.15) is 0 Å². The minimum atomic E-state index is 0.502. The second kappa shape index (κ2) is 4.79. The molecule has 0 aliphatic heterocycles. The number of nitrogens with zero attached hydrogens (tertiary/aromatic N) is 3. The maximum atomic E-state index is 5.76. The minimum absolute atomic E-state index is 0.502. The second-order valence-electron chi connectivity index (χ2n) is 3.07. The third-order valence-corrected chi connectivity index (χ3v) is 2.16. The Hall–Kier alpha value is -1.55. The van der Waals surface area contributed by atoms with Crippen molar-refractivity contribution in [2.75, 3.05) is 11.9 Å². The quantitative estimate of drug-likeness (QED) is 0.806. The van der Waals surface area contributed by atoms with Crippen LogP contribution >= 0.6 is 11.6 Å². The van der Waals surface area contributed by atoms with Crippen molar-refractivity contribution in [1.82, 2.24) is 14.5 Å². The van der Waals surface area contributed by atoms with Gasteiger partial charge in [0.1, 0.15) is 11.0 Å². The van der Waals surface area contributed by atoms with Crippen LogP contribution < -0.4 is 5.32 Å². The van der Waals surface area contributed by atoms with E-state index in [1.807, 2.05) is 22.9 Å². The first-order chi connectivity index (χ1) is 7.34. The Bertz CT molecular complexity index is 413. The van der Waals surface area contributed by atoms with Gasteiger partial charge in [-0.25, -0.2) is 9.97 Å². The number of pyridine rings is 1. The molecule has 2 aromatic rings. The van der Waals surface area contributed by atoms with Crippen LogP contribution in [0.4, 0.5) is 5.82 Å². The van der Waals surface area contributed by atoms with E-state index in [0.29, 0.717) is 5.15 Å². The highest BCUT2D eigenvalue weighted by Crippen LogP contribution is 2.08. The van der Waals surface area contributed by atoms with Gasteiger partial charge < -0.3 is 9.88 Å². The Labute approximate surface area is 92.9 Å². The molecule has 0 aromatic carbocycles. The summed E-state index contributed by atoms with van der Waals surface area (Å²) in [5, 5.41) is 3.68. The molecule has 5 heteroatoms. The van der Waals surface area contributed by atoms with E-state index in [1.54, 1.807) is 18.6 Å². The molecule has 0 aliphatic carbocycles. The number of imidazole rings is 1. The molecule has 0 bridgehead atoms. The highest BCUT2D eigenvalue weighted by Gasteiger charge is 1.94. The minimum Gasteiger partial charge on any atom is -0.368 e. The van der Waals surface area contributed by atoms with Gasteiger partial charge in [0.15, 0.2) is 0 Å². The zero-order chi connectivity index (χ0) is 10.5. The lowest BCUT2D eigenvalue weighted by Crippen LogP contribution is -2.09. The molecule has 0 saturated carbocycles. The molecule has 0 unspecified atom stereocenters. The van der Waals surface area contributed by atoms with Gasteiger partial charge in [-0.05, 0) is 12.1 Å². The summed E-state index contributed by atoms with van der Waals surface area (Å²) in [7, 11) is 0. The molecular weight excluding hydrogens is 212 g/mol. The number of hydrogen-bond donors (Lipinski definition) is 1. The highest BCUT2D eigenvalue weighted by molar-refractivity contribution is 6.29. The van der Waals surface area contributed by atoms with Crippen molar-refractivity contribution in [3.63, 3.8) is 0 Å². The van der Waals surface area contributed by atoms with Gasteiger partial charge in [0.2, 0.25) is 0 Å². The van der Waals surface area contributed by atoms with Crippen molar-refractivity contribution in [2.24, 2.45) is 0 Å². The third-order valence-electron chi connectivity index (χ3n) is 1.95. The number of nitrogens with one attached hydrogen (secondary N) is 1. The van der Waals surface area contributed by atoms with Crippen molar-refractivity contribution < 1.29 is 0 Å². The standard InChI is InChI=1S/C10H11ClN4/c11-9-2-1-3-10(14-9)13-5-7-15-6-4-12-8-15/h1-4,6,8H,5,7H2,(H,13,14). The van der Waals surface area contributed by atoms with Gasteiger partial charge in [0.05, 0.1) is 6.33 Å². The highest BCUT2D eigenvalue weighted by atomic mass is 35.5. The summed E-state index contributed by atoms with van der Waals surface area (Å²) in [6, 6.07) is 5.51. The number of halogens is 1. The second-order valence-corrected chi connectivity index (χ2v) is 3.46. The van der Waals surface area contributed by atoms with E-state index < -0.39 is 0 Å². The predicted octanol–water partition coefficient (Wildman–Crippen LogP) is 2.04. The maximum Gasteiger partial charge on any atom is 0.131 e. The largest absolute Gasteiger partial charge is 0.368 e. The first-order valence-corrected chi connectivity index (χ1v) is 5.04. The third kappa shape index (κ3) is 2.95. The molecule has 0 radical (unpaired) electrons. The summed E-state index contributed by atoms with van der Waals surface area (Å²) >= 11 is 5.76. The van der Waals surface area contributed by atoms with Gasteiger partial charge in [0, 0.05) is 25.5 Å². The lowest BCUT2D eigenvalue weighted by atomic mass is 10.4. The first-order valence-electron chi connectivity index (χ1n) is 4.67. The number of rotatable bonds is 4. The van der Waals surface area contributed by atoms with Gasteiger partial charge >= 0.3 is 0 Å². The lowest BCUT2D eigenvalue weighted by Gasteiger charge is -2.05. The fourth-order valence-electron chi connectivity index (χ4n) is 1.24. The van der Waals surface area contributed by atoms with Crippen LogP contribution in [-0.4, -0.2) is 21.1 Å². The fourth-order valence-corrected chi connectivity index (χ4v) is 1.40. The van der Waals surface area contributed by atoms with Gasteiger partial charge in [0.25, 0.3) is 0 Å². The average Bonchev–Trinajstić information content (AvgIpc) is 2.71. The first kappa shape index (κ1) is 9.98. The van der Waals surface area contributed by atoms with Crippen LogP contribution in [0.25, 0.3) is 0 Å². The van der Waals surface area contributed by atoms with E-state index in [9.17, 15) is 0 Å². The summed E-state index contributed by atoms with van der Waals surface area (Å²) < 4.78 is 2.00. The molecule has 2 aromatic heterocycles. The fraction of sp³-hybridized carbons (Fsp3) is 0.200. The van der Waals surface area contributed by atoms with Crippen LogP contribution in [0, 0.1) is 0 Å². The lowest BCUT2D eigenvalue weighted by molar-refractivity contribution is 0.725. The van der Waals surface area contributed by atoms with E-state index in [1.165, 1.54) is 0 Å². The van der Waals surface area contributed by atoms with Crippen molar-refractivity contribution in [2.45, 2.75) is 6.54 Å². The van der Waals surface area contributed by atoms with Crippen LogP contribution in [0.3, 0.4) is 0 Å². The summed E-state index contributed by atoms with van der Waals surface area (Å²) in [6.45, 7) is 1.65. The Morgan fingerprint density at radius 1 is 1.40 bits per heavy atom. The predicted molar refractivity (Wildman–Crippen MR) is 60.0 cm³/mol. The summed E-state index contributed by atoms with van der Waals surface area (Å²) in [5.74, 6) is 0.794. The van der Waals surface area contributed by atoms with E-state index in [-0.39, 0.29) is 0 Å². The summed E-state index contributed by atoms with van der Waals surface area (Å²) in [4.78, 5) is 8.08. The van der Waals surface area contributed by atoms with Gasteiger partial charge in [-0.15, -0.1) is 0 Å². The summed E-state index contributed by atoms with van der Waals surface area (Å²) in [5.41, 5.74) is 0. The Morgan fingerprint density at radius 3 is 3.07 bits per heavy atom. The molecule has 0 saturated heterocycles. The zero-order valence-electron chi connectivity index (χ0n) is 8.10. The van der Waals surface area contributed by atoms with Crippen LogP contribution in [-0.2, 0) is 6.54 Å². The van der Waals surface area contributed by atoms with Crippen LogP contribution in [0.15, 0.2) is 36.9 Å². The molecule has 78 valence electrons. The van der Waals surface area contributed by atoms with Gasteiger partial charge in [-0.2, -0.15) is 0 Å². The van der Waals surface area contributed by atoms with Crippen molar-refractivity contribution in [3.8, 4) is 0 Å². The maximum absolute atomic E-state index is 5.76. The number of aromatic nitrogens is 3. The van der Waals surface area contributed by atoms with Crippen molar-refractivity contribution >= 4 is 17.4 Å². The molecule has 0 amide bonds. The smallest absolute Gasteiger partial charge is 0.131 e. The van der Waals surface area contributed by atoms with Crippen molar-refractivity contribution in [3.05, 3.63) is 42.1 Å². The van der Waals surface area contributed by atoms with E-state index in [0.717, 1.165) is 18.9 Å². The van der Waals surface area contributed by atoms with E-state index in [2.05, 4.69) is 15.3 Å². The van der Waals surface area contributed by atoms with Crippen molar-refractivity contribution in [1.29, 1.82) is 0 Å². The van der Waals surface area contributed by atoms with Gasteiger partial charge in [-0.1, -0.05) is 17.7 Å². The zero-order valence-corrected chi connectivity index (χ0v) is 8.85. The Morgan fingerprint density at radius 2 is 2.33 bits per heavy atom. The van der Waals surface area contributed by atoms with E-state index in [4.69, 9.17) is 11.6 Å². The topological polar surface area (TPSA) is 42.7 Å². The molecule has 0 fully saturated rings. The molecule has 1 N–H and O–H groups in total. The number of anilines is 1. The molecule has 0 spiro atoms. The monoisotopic (exact) mass is 222 g/mol. The molecule has 0 aliphatic rings. The summed E-state index contributed by atoms with van der Waals surface area (Å²) in [6.07, 6.45) is 5.47. The molecule has 0 atom stereocenters. The average molecular weight is 223 g/mol. The molecule has 4 nitrogen and oxygen atoms in total. The Balaban J connectivity index is 1.83. The number of hydrogen-bond acceptors (Lipinski definition) is 3. The van der Waals surface area contributed by atoms with E-state index >= 15 is 0 Å². The SMILES string of the molecule is Clc1cccc(NCCn2ccnc2)n1. The van der Waals surface area contributed by atoms with Gasteiger partial charge in [-0.3, -0.25) is 0 Å². The van der Waals surface area contributed by atoms with Crippen LogP contribution in [0.2, 0.25) is 5.15 Å². The molecule has 2 heterocycles. The molecule has 2 rings (SSSR count).